The topological polar surface area (TPSA) is 90.1 Å². The van der Waals surface area contributed by atoms with E-state index in [-0.39, 0.29) is 12.3 Å². The van der Waals surface area contributed by atoms with Gasteiger partial charge in [0, 0.05) is 5.69 Å². The van der Waals surface area contributed by atoms with Gasteiger partial charge in [0.25, 0.3) is 0 Å². The van der Waals surface area contributed by atoms with E-state index < -0.39 is 5.69 Å². The van der Waals surface area contributed by atoms with Gasteiger partial charge in [-0.05, 0) is 42.3 Å². The molecule has 23 heavy (non-hydrogen) atoms. The molecule has 0 bridgehead atoms. The molecule has 0 atom stereocenters. The molecule has 0 amide bonds. The minimum atomic E-state index is -0.455. The van der Waals surface area contributed by atoms with Crippen molar-refractivity contribution in [2.75, 3.05) is 12.8 Å². The van der Waals surface area contributed by atoms with Crippen molar-refractivity contribution in [1.29, 1.82) is 0 Å². The maximum atomic E-state index is 12.5. The molecule has 0 radical (unpaired) electrons. The van der Waals surface area contributed by atoms with Crippen LogP contribution in [0.5, 0.6) is 5.75 Å². The summed E-state index contributed by atoms with van der Waals surface area (Å²) in [6.45, 7) is 1.84. The van der Waals surface area contributed by atoms with Crippen molar-refractivity contribution in [2.24, 2.45) is 0 Å². The fourth-order valence-electron chi connectivity index (χ4n) is 2.52. The Morgan fingerprint density at radius 3 is 2.61 bits per heavy atom. The highest BCUT2D eigenvalue weighted by atomic mass is 16.5. The number of imidazole rings is 1. The Bertz CT molecular complexity index is 936. The number of nitrogens with one attached hydrogen (secondary N) is 1. The summed E-state index contributed by atoms with van der Waals surface area (Å²) in [5.41, 5.74) is 8.70. The van der Waals surface area contributed by atoms with Crippen molar-refractivity contribution in [3.63, 3.8) is 0 Å². The van der Waals surface area contributed by atoms with Gasteiger partial charge in [0.1, 0.15) is 5.75 Å². The smallest absolute Gasteiger partial charge is 0.333 e. The fourth-order valence-corrected chi connectivity index (χ4v) is 2.52. The van der Waals surface area contributed by atoms with Crippen LogP contribution < -0.4 is 16.2 Å². The lowest BCUT2D eigenvalue weighted by Gasteiger charge is -2.05. The molecule has 0 unspecified atom stereocenters. The van der Waals surface area contributed by atoms with Gasteiger partial charge in [0.05, 0.1) is 24.6 Å². The molecule has 3 rings (SSSR count). The predicted molar refractivity (Wildman–Crippen MR) is 89.0 cm³/mol. The SMILES string of the molecule is COc1ccc(CC(=O)n2c(=O)[nH]c3cc(N)c(C)cc32)cc1. The van der Waals surface area contributed by atoms with Crippen LogP contribution in [0.2, 0.25) is 0 Å². The van der Waals surface area contributed by atoms with Gasteiger partial charge < -0.3 is 15.5 Å². The van der Waals surface area contributed by atoms with Crippen LogP contribution in [-0.4, -0.2) is 22.6 Å². The number of aromatic amines is 1. The van der Waals surface area contributed by atoms with Gasteiger partial charge >= 0.3 is 5.69 Å². The number of H-pyrrole nitrogens is 1. The van der Waals surface area contributed by atoms with E-state index >= 15 is 0 Å². The number of hydrogen-bond acceptors (Lipinski definition) is 4. The lowest BCUT2D eigenvalue weighted by molar-refractivity contribution is 0.0915. The molecule has 0 aliphatic rings. The van der Waals surface area contributed by atoms with E-state index in [4.69, 9.17) is 10.5 Å². The third-order valence-electron chi connectivity index (χ3n) is 3.83. The summed E-state index contributed by atoms with van der Waals surface area (Å²) in [5.74, 6) is 0.423. The maximum Gasteiger partial charge on any atom is 0.333 e. The summed E-state index contributed by atoms with van der Waals surface area (Å²) in [5, 5.41) is 0. The largest absolute Gasteiger partial charge is 0.497 e. The number of ether oxygens (including phenoxy) is 1. The number of rotatable bonds is 3. The van der Waals surface area contributed by atoms with E-state index in [9.17, 15) is 9.59 Å². The summed E-state index contributed by atoms with van der Waals surface area (Å²) in [7, 11) is 1.58. The summed E-state index contributed by atoms with van der Waals surface area (Å²) < 4.78 is 6.25. The first-order valence-corrected chi connectivity index (χ1v) is 7.16. The molecule has 1 aromatic heterocycles. The molecule has 118 valence electrons. The molecule has 3 aromatic rings. The van der Waals surface area contributed by atoms with Crippen molar-refractivity contribution in [3.8, 4) is 5.75 Å². The molecule has 0 spiro atoms. The molecule has 0 fully saturated rings. The third-order valence-corrected chi connectivity index (χ3v) is 3.83. The number of nitrogens with zero attached hydrogens (tertiary/aromatic N) is 1. The molecule has 6 heteroatoms. The van der Waals surface area contributed by atoms with Crippen molar-refractivity contribution in [1.82, 2.24) is 9.55 Å². The lowest BCUT2D eigenvalue weighted by Crippen LogP contribution is -2.25. The number of aryl methyl sites for hydroxylation is 1. The molecular weight excluding hydrogens is 294 g/mol. The fraction of sp³-hybridized carbons (Fsp3) is 0.176. The van der Waals surface area contributed by atoms with Crippen LogP contribution in [0.1, 0.15) is 15.9 Å². The molecule has 2 aromatic carbocycles. The van der Waals surface area contributed by atoms with Crippen LogP contribution in [0.25, 0.3) is 11.0 Å². The van der Waals surface area contributed by atoms with Crippen LogP contribution >= 0.6 is 0 Å². The molecule has 0 aliphatic heterocycles. The van der Waals surface area contributed by atoms with Gasteiger partial charge in [0.15, 0.2) is 0 Å². The third kappa shape index (κ3) is 2.70. The van der Waals surface area contributed by atoms with Gasteiger partial charge in [0.2, 0.25) is 5.91 Å². The molecule has 1 heterocycles. The molecular formula is C17H17N3O3. The number of methoxy groups -OCH3 is 1. The van der Waals surface area contributed by atoms with Crippen LogP contribution in [0.4, 0.5) is 5.69 Å². The quantitative estimate of drug-likeness (QED) is 0.725. The number of hydrogen-bond donors (Lipinski definition) is 2. The highest BCUT2D eigenvalue weighted by molar-refractivity contribution is 5.92. The molecule has 0 aliphatic carbocycles. The van der Waals surface area contributed by atoms with Crippen LogP contribution in [0.3, 0.4) is 0 Å². The number of benzene rings is 2. The van der Waals surface area contributed by atoms with Gasteiger partial charge in [-0.3, -0.25) is 4.79 Å². The van der Waals surface area contributed by atoms with E-state index in [0.29, 0.717) is 16.7 Å². The second-order valence-corrected chi connectivity index (χ2v) is 5.41. The van der Waals surface area contributed by atoms with Crippen LogP contribution in [0, 0.1) is 6.92 Å². The Morgan fingerprint density at radius 2 is 1.96 bits per heavy atom. The summed E-state index contributed by atoms with van der Waals surface area (Å²) in [6.07, 6.45) is 0.125. The summed E-state index contributed by atoms with van der Waals surface area (Å²) in [4.78, 5) is 27.3. The zero-order chi connectivity index (χ0) is 16.6. The number of fused-ring (bicyclic) bond motifs is 1. The number of nitrogens with two attached hydrogens (primary N) is 1. The number of anilines is 1. The number of carbonyl (C=O) groups excluding carboxylic acids is 1. The number of aromatic nitrogens is 2. The maximum absolute atomic E-state index is 12.5. The average Bonchev–Trinajstić information content (AvgIpc) is 2.83. The highest BCUT2D eigenvalue weighted by Gasteiger charge is 2.15. The normalized spacial score (nSPS) is 10.9. The first-order valence-electron chi connectivity index (χ1n) is 7.16. The zero-order valence-corrected chi connectivity index (χ0v) is 12.9. The van der Waals surface area contributed by atoms with Gasteiger partial charge in [-0.15, -0.1) is 0 Å². The van der Waals surface area contributed by atoms with E-state index in [1.54, 1.807) is 43.5 Å². The van der Waals surface area contributed by atoms with Crippen LogP contribution in [-0.2, 0) is 6.42 Å². The van der Waals surface area contributed by atoms with Crippen molar-refractivity contribution in [2.45, 2.75) is 13.3 Å². The Hall–Kier alpha value is -3.02. The monoisotopic (exact) mass is 311 g/mol. The Kier molecular flexibility index (Phi) is 3.65. The Labute approximate surface area is 132 Å². The van der Waals surface area contributed by atoms with E-state index in [1.807, 2.05) is 6.92 Å². The highest BCUT2D eigenvalue weighted by Crippen LogP contribution is 2.19. The van der Waals surface area contributed by atoms with Crippen molar-refractivity contribution < 1.29 is 9.53 Å². The average molecular weight is 311 g/mol. The molecule has 6 nitrogen and oxygen atoms in total. The second-order valence-electron chi connectivity index (χ2n) is 5.41. The first kappa shape index (κ1) is 14.9. The van der Waals surface area contributed by atoms with Gasteiger partial charge in [-0.2, -0.15) is 0 Å². The van der Waals surface area contributed by atoms with Crippen molar-refractivity contribution in [3.05, 3.63) is 58.0 Å². The lowest BCUT2D eigenvalue weighted by atomic mass is 10.1. The Balaban J connectivity index is 1.98. The molecule has 0 saturated heterocycles. The Morgan fingerprint density at radius 1 is 1.26 bits per heavy atom. The van der Waals surface area contributed by atoms with E-state index in [2.05, 4.69) is 4.98 Å². The summed E-state index contributed by atoms with van der Waals surface area (Å²) in [6, 6.07) is 10.6. The second kappa shape index (κ2) is 5.64. The predicted octanol–water partition coefficient (Wildman–Crippen LogP) is 2.11. The number of carbonyl (C=O) groups is 1. The van der Waals surface area contributed by atoms with Gasteiger partial charge in [-0.25, -0.2) is 9.36 Å². The van der Waals surface area contributed by atoms with E-state index in [1.165, 1.54) is 0 Å². The van der Waals surface area contributed by atoms with E-state index in [0.717, 1.165) is 21.4 Å². The molecule has 3 N–H and O–H groups in total. The van der Waals surface area contributed by atoms with Crippen molar-refractivity contribution >= 4 is 22.6 Å². The first-order chi connectivity index (χ1) is 11.0. The minimum absolute atomic E-state index is 0.125. The zero-order valence-electron chi connectivity index (χ0n) is 12.9. The number of nitrogen functional groups attached to an aromatic ring is 1. The summed E-state index contributed by atoms with van der Waals surface area (Å²) >= 11 is 0. The van der Waals surface area contributed by atoms with Gasteiger partial charge in [-0.1, -0.05) is 12.1 Å². The molecule has 0 saturated carbocycles. The standard InChI is InChI=1S/C17H17N3O3/c1-10-7-15-14(9-13(10)18)19-17(22)20(15)16(21)8-11-3-5-12(23-2)6-4-11/h3-7,9H,8,18H2,1-2H3,(H,19,22). The van der Waals surface area contributed by atoms with Crippen LogP contribution in [0.15, 0.2) is 41.2 Å². The minimum Gasteiger partial charge on any atom is -0.497 e.